The fraction of sp³-hybridized carbons (Fsp3) is 0.958. The second-order valence-corrected chi connectivity index (χ2v) is 18.2. The van der Waals surface area contributed by atoms with Crippen molar-refractivity contribution >= 4 is 11.9 Å². The molecule has 0 rings (SSSR count). The van der Waals surface area contributed by atoms with E-state index in [1.165, 1.54) is 89.9 Å². The van der Waals surface area contributed by atoms with E-state index in [-0.39, 0.29) is 11.9 Å². The third-order valence-corrected chi connectivity index (χ3v) is 11.7. The first-order chi connectivity index (χ1) is 25.9. The number of ether oxygens (including phenoxy) is 3. The van der Waals surface area contributed by atoms with Gasteiger partial charge in [0.05, 0.1) is 19.3 Å². The Hall–Kier alpha value is -1.14. The summed E-state index contributed by atoms with van der Waals surface area (Å²) in [6.07, 6.45) is 26.4. The van der Waals surface area contributed by atoms with E-state index >= 15 is 0 Å². The summed E-state index contributed by atoms with van der Waals surface area (Å²) in [6.45, 7) is 27.9. The van der Waals surface area contributed by atoms with Crippen molar-refractivity contribution in [1.82, 2.24) is 4.90 Å². The van der Waals surface area contributed by atoms with Crippen LogP contribution in [0.1, 0.15) is 217 Å². The van der Waals surface area contributed by atoms with Crippen LogP contribution < -0.4 is 0 Å². The van der Waals surface area contributed by atoms with Gasteiger partial charge >= 0.3 is 11.9 Å². The van der Waals surface area contributed by atoms with E-state index in [4.69, 9.17) is 14.2 Å². The van der Waals surface area contributed by atoms with Crippen LogP contribution in [0.15, 0.2) is 0 Å². The minimum absolute atomic E-state index is 0.00902. The van der Waals surface area contributed by atoms with Crippen LogP contribution in [0.5, 0.6) is 0 Å². The molecule has 0 amide bonds. The van der Waals surface area contributed by atoms with Crippen molar-refractivity contribution in [3.8, 4) is 0 Å². The molecule has 0 aromatic carbocycles. The number of carbonyl (C=O) groups is 2. The van der Waals surface area contributed by atoms with Gasteiger partial charge in [-0.15, -0.1) is 0 Å². The smallest absolute Gasteiger partial charge is 0.305 e. The molecule has 0 heterocycles. The molecule has 0 N–H and O–H groups in total. The third kappa shape index (κ3) is 33.0. The lowest BCUT2D eigenvalue weighted by molar-refractivity contribution is -0.146. The van der Waals surface area contributed by atoms with E-state index in [0.29, 0.717) is 67.7 Å². The van der Waals surface area contributed by atoms with Crippen LogP contribution in [0, 0.1) is 35.5 Å². The molecule has 0 aromatic heterocycles. The molecule has 0 saturated heterocycles. The largest absolute Gasteiger partial charge is 0.465 e. The molecule has 0 aliphatic rings. The molecule has 322 valence electrons. The van der Waals surface area contributed by atoms with E-state index in [1.807, 2.05) is 0 Å². The first-order valence-corrected chi connectivity index (χ1v) is 23.5. The summed E-state index contributed by atoms with van der Waals surface area (Å²) in [5.74, 6) is 3.45. The second-order valence-electron chi connectivity index (χ2n) is 18.2. The summed E-state index contributed by atoms with van der Waals surface area (Å²) in [7, 11) is 0. The SMILES string of the molecule is CCN(CC)CCCOC(CCCCCCCCCC(=O)OCC(CCC(C)C)C(C)C)CCCCCCCCCC(=O)OCC(CCC(C)C)C(C)C. The van der Waals surface area contributed by atoms with Crippen molar-refractivity contribution < 1.29 is 23.8 Å². The van der Waals surface area contributed by atoms with Gasteiger partial charge in [0.25, 0.3) is 0 Å². The molecule has 0 aliphatic carbocycles. The molecule has 0 aliphatic heterocycles. The molecule has 2 atom stereocenters. The van der Waals surface area contributed by atoms with Crippen LogP contribution in [0.3, 0.4) is 0 Å². The summed E-state index contributed by atoms with van der Waals surface area (Å²) >= 11 is 0. The normalized spacial score (nSPS) is 13.8. The standard InChI is InChI=1S/C48H95NO5/c1-11-49(12-2)36-27-37-52-46(28-23-19-15-13-17-21-25-30-47(50)53-38-44(42(7)8)34-32-40(3)4)29-24-20-16-14-18-22-26-31-48(51)54-39-45(43(9)10)35-33-41(5)6/h40-46H,11-39H2,1-10H3. The topological polar surface area (TPSA) is 65.1 Å². The molecule has 2 unspecified atom stereocenters. The Morgan fingerprint density at radius 1 is 0.463 bits per heavy atom. The molecule has 0 radical (unpaired) electrons. The summed E-state index contributed by atoms with van der Waals surface area (Å²) in [5, 5.41) is 0. The average Bonchev–Trinajstić information content (AvgIpc) is 3.12. The number of nitrogens with zero attached hydrogens (tertiary/aromatic N) is 1. The molecule has 0 aromatic rings. The maximum Gasteiger partial charge on any atom is 0.305 e. The zero-order valence-corrected chi connectivity index (χ0v) is 38.0. The lowest BCUT2D eigenvalue weighted by Crippen LogP contribution is -2.25. The highest BCUT2D eigenvalue weighted by Crippen LogP contribution is 2.23. The van der Waals surface area contributed by atoms with E-state index in [0.717, 1.165) is 71.2 Å². The van der Waals surface area contributed by atoms with Gasteiger partial charge in [0.15, 0.2) is 0 Å². The van der Waals surface area contributed by atoms with Crippen molar-refractivity contribution in [2.24, 2.45) is 35.5 Å². The quantitative estimate of drug-likeness (QED) is 0.0459. The number of carbonyl (C=O) groups excluding carboxylic acids is 2. The van der Waals surface area contributed by atoms with E-state index in [2.05, 4.69) is 74.1 Å². The fourth-order valence-electron chi connectivity index (χ4n) is 7.30. The maximum atomic E-state index is 12.3. The molecule has 6 nitrogen and oxygen atoms in total. The summed E-state index contributed by atoms with van der Waals surface area (Å²) in [5.41, 5.74) is 0. The van der Waals surface area contributed by atoms with Gasteiger partial charge < -0.3 is 19.1 Å². The molecular formula is C48H95NO5. The number of unbranched alkanes of at least 4 members (excludes halogenated alkanes) is 12. The minimum atomic E-state index is -0.00902. The first-order valence-electron chi connectivity index (χ1n) is 23.5. The summed E-state index contributed by atoms with van der Waals surface area (Å²) < 4.78 is 17.8. The van der Waals surface area contributed by atoms with E-state index in [1.54, 1.807) is 0 Å². The van der Waals surface area contributed by atoms with Crippen LogP contribution in [0.4, 0.5) is 0 Å². The van der Waals surface area contributed by atoms with Crippen LogP contribution in [0.2, 0.25) is 0 Å². The maximum absolute atomic E-state index is 12.3. The number of esters is 2. The minimum Gasteiger partial charge on any atom is -0.465 e. The van der Waals surface area contributed by atoms with Crippen molar-refractivity contribution in [3.63, 3.8) is 0 Å². The molecule has 0 spiro atoms. The fourth-order valence-corrected chi connectivity index (χ4v) is 7.30. The highest BCUT2D eigenvalue weighted by Gasteiger charge is 2.18. The van der Waals surface area contributed by atoms with E-state index in [9.17, 15) is 9.59 Å². The zero-order valence-electron chi connectivity index (χ0n) is 38.0. The Bertz CT molecular complexity index is 781. The van der Waals surface area contributed by atoms with Crippen molar-refractivity contribution in [1.29, 1.82) is 0 Å². The van der Waals surface area contributed by atoms with Crippen LogP contribution in [0.25, 0.3) is 0 Å². The Morgan fingerprint density at radius 3 is 1.19 bits per heavy atom. The molecule has 0 saturated carbocycles. The molecule has 6 heteroatoms. The second kappa shape index (κ2) is 36.2. The Morgan fingerprint density at radius 2 is 0.833 bits per heavy atom. The Kier molecular flexibility index (Phi) is 35.5. The Balaban J connectivity index is 4.19. The van der Waals surface area contributed by atoms with Crippen molar-refractivity contribution in [3.05, 3.63) is 0 Å². The molecular weight excluding hydrogens is 671 g/mol. The van der Waals surface area contributed by atoms with Gasteiger partial charge in [-0.05, 0) is 93.5 Å². The van der Waals surface area contributed by atoms with Gasteiger partial charge in [0.1, 0.15) is 0 Å². The van der Waals surface area contributed by atoms with Gasteiger partial charge in [-0.25, -0.2) is 0 Å². The average molecular weight is 766 g/mol. The van der Waals surface area contributed by atoms with Crippen LogP contribution in [-0.2, 0) is 23.8 Å². The zero-order chi connectivity index (χ0) is 40.4. The molecule has 54 heavy (non-hydrogen) atoms. The van der Waals surface area contributed by atoms with Crippen molar-refractivity contribution in [2.75, 3.05) is 39.5 Å². The highest BCUT2D eigenvalue weighted by molar-refractivity contribution is 5.69. The lowest BCUT2D eigenvalue weighted by Gasteiger charge is -2.21. The first kappa shape index (κ1) is 52.9. The number of rotatable bonds is 39. The highest BCUT2D eigenvalue weighted by atomic mass is 16.5. The van der Waals surface area contributed by atoms with Gasteiger partial charge in [-0.1, -0.05) is 159 Å². The van der Waals surface area contributed by atoms with Gasteiger partial charge in [-0.3, -0.25) is 9.59 Å². The summed E-state index contributed by atoms with van der Waals surface area (Å²) in [6, 6.07) is 0. The predicted octanol–water partition coefficient (Wildman–Crippen LogP) is 13.6. The number of hydrogen-bond donors (Lipinski definition) is 0. The summed E-state index contributed by atoms with van der Waals surface area (Å²) in [4.78, 5) is 27.1. The van der Waals surface area contributed by atoms with Crippen LogP contribution >= 0.6 is 0 Å². The van der Waals surface area contributed by atoms with Gasteiger partial charge in [-0.2, -0.15) is 0 Å². The van der Waals surface area contributed by atoms with Gasteiger partial charge in [0, 0.05) is 26.0 Å². The monoisotopic (exact) mass is 766 g/mol. The lowest BCUT2D eigenvalue weighted by atomic mass is 9.89. The third-order valence-electron chi connectivity index (χ3n) is 11.7. The van der Waals surface area contributed by atoms with E-state index < -0.39 is 0 Å². The predicted molar refractivity (Wildman–Crippen MR) is 232 cm³/mol. The van der Waals surface area contributed by atoms with Crippen molar-refractivity contribution in [2.45, 2.75) is 223 Å². The molecule has 0 fully saturated rings. The van der Waals surface area contributed by atoms with Crippen LogP contribution in [-0.4, -0.2) is 62.4 Å². The Labute approximate surface area is 337 Å². The number of hydrogen-bond acceptors (Lipinski definition) is 6. The molecule has 0 bridgehead atoms. The van der Waals surface area contributed by atoms with Gasteiger partial charge in [0.2, 0.25) is 0 Å².